The number of hydrogen-bond donors (Lipinski definition) is 1. The summed E-state index contributed by atoms with van der Waals surface area (Å²) >= 11 is 3.61. The molecular formula is C16H19BrO. The van der Waals surface area contributed by atoms with E-state index in [4.69, 9.17) is 5.11 Å². The Hall–Kier alpha value is -0.860. The summed E-state index contributed by atoms with van der Waals surface area (Å²) in [4.78, 5) is 0. The molecule has 0 aromatic heterocycles. The number of aliphatic hydroxyl groups excluding tert-OH is 1. The summed E-state index contributed by atoms with van der Waals surface area (Å²) in [5.74, 6) is 0. The van der Waals surface area contributed by atoms with E-state index in [0.29, 0.717) is 6.61 Å². The molecule has 0 aliphatic rings. The zero-order valence-electron chi connectivity index (χ0n) is 10.5. The summed E-state index contributed by atoms with van der Waals surface area (Å²) in [6.07, 6.45) is 5.59. The van der Waals surface area contributed by atoms with Crippen molar-refractivity contribution in [2.75, 3.05) is 6.61 Å². The molecule has 0 saturated carbocycles. The van der Waals surface area contributed by atoms with Gasteiger partial charge in [0, 0.05) is 11.1 Å². The molecule has 96 valence electrons. The third kappa shape index (κ3) is 3.33. The largest absolute Gasteiger partial charge is 0.396 e. The van der Waals surface area contributed by atoms with Crippen molar-refractivity contribution < 1.29 is 5.11 Å². The normalized spacial score (nSPS) is 11.0. The predicted molar refractivity (Wildman–Crippen MR) is 80.9 cm³/mol. The van der Waals surface area contributed by atoms with Gasteiger partial charge in [0.1, 0.15) is 0 Å². The predicted octanol–water partition coefficient (Wildman–Crippen LogP) is 4.70. The molecule has 18 heavy (non-hydrogen) atoms. The molecule has 0 aliphatic heterocycles. The Bertz CT molecular complexity index is 507. The van der Waals surface area contributed by atoms with Gasteiger partial charge in [-0.3, -0.25) is 0 Å². The fourth-order valence-corrected chi connectivity index (χ4v) is 2.83. The Balaban J connectivity index is 2.07. The van der Waals surface area contributed by atoms with Crippen LogP contribution in [0.4, 0.5) is 0 Å². The van der Waals surface area contributed by atoms with Gasteiger partial charge in [0.25, 0.3) is 0 Å². The minimum atomic E-state index is 0.321. The average Bonchev–Trinajstić information content (AvgIpc) is 2.39. The third-order valence-electron chi connectivity index (χ3n) is 3.31. The molecule has 2 rings (SSSR count). The highest BCUT2D eigenvalue weighted by Gasteiger charge is 2.02. The molecule has 0 amide bonds. The van der Waals surface area contributed by atoms with Crippen molar-refractivity contribution >= 4 is 26.7 Å². The van der Waals surface area contributed by atoms with Crippen molar-refractivity contribution in [2.45, 2.75) is 32.1 Å². The molecule has 0 saturated heterocycles. The van der Waals surface area contributed by atoms with Gasteiger partial charge in [-0.1, -0.05) is 59.1 Å². The van der Waals surface area contributed by atoms with Crippen LogP contribution in [0.1, 0.15) is 31.2 Å². The third-order valence-corrected chi connectivity index (χ3v) is 4.00. The quantitative estimate of drug-likeness (QED) is 0.767. The highest BCUT2D eigenvalue weighted by Crippen LogP contribution is 2.27. The molecule has 1 nitrogen and oxygen atoms in total. The lowest BCUT2D eigenvalue weighted by atomic mass is 9.99. The minimum absolute atomic E-state index is 0.321. The zero-order valence-corrected chi connectivity index (χ0v) is 12.1. The minimum Gasteiger partial charge on any atom is -0.396 e. The number of aliphatic hydroxyl groups is 1. The van der Waals surface area contributed by atoms with Crippen LogP contribution in [0.2, 0.25) is 0 Å². The average molecular weight is 307 g/mol. The number of aryl methyl sites for hydroxylation is 1. The van der Waals surface area contributed by atoms with E-state index in [9.17, 15) is 0 Å². The Kier molecular flexibility index (Phi) is 5.21. The fraction of sp³-hybridized carbons (Fsp3) is 0.375. The first kappa shape index (κ1) is 13.6. The van der Waals surface area contributed by atoms with Crippen molar-refractivity contribution in [3.63, 3.8) is 0 Å². The van der Waals surface area contributed by atoms with Crippen LogP contribution in [-0.2, 0) is 6.42 Å². The Morgan fingerprint density at radius 3 is 2.39 bits per heavy atom. The summed E-state index contributed by atoms with van der Waals surface area (Å²) in [6, 6.07) is 12.9. The van der Waals surface area contributed by atoms with E-state index < -0.39 is 0 Å². The van der Waals surface area contributed by atoms with E-state index >= 15 is 0 Å². The zero-order chi connectivity index (χ0) is 12.8. The van der Waals surface area contributed by atoms with E-state index in [-0.39, 0.29) is 0 Å². The lowest BCUT2D eigenvalue weighted by Gasteiger charge is -2.07. The molecule has 1 N–H and O–H groups in total. The van der Waals surface area contributed by atoms with E-state index in [2.05, 4.69) is 52.3 Å². The summed E-state index contributed by atoms with van der Waals surface area (Å²) in [5, 5.41) is 11.4. The first-order valence-electron chi connectivity index (χ1n) is 6.60. The van der Waals surface area contributed by atoms with Gasteiger partial charge in [-0.2, -0.15) is 0 Å². The van der Waals surface area contributed by atoms with Gasteiger partial charge in [0.2, 0.25) is 0 Å². The van der Waals surface area contributed by atoms with Crippen LogP contribution in [0, 0.1) is 0 Å². The van der Waals surface area contributed by atoms with Gasteiger partial charge < -0.3 is 5.11 Å². The molecule has 2 aromatic carbocycles. The number of unbranched alkanes of at least 4 members (excludes halogenated alkanes) is 3. The molecule has 0 radical (unpaired) electrons. The molecule has 0 heterocycles. The Morgan fingerprint density at radius 2 is 1.56 bits per heavy atom. The van der Waals surface area contributed by atoms with E-state index in [1.165, 1.54) is 33.7 Å². The summed E-state index contributed by atoms with van der Waals surface area (Å²) in [5.41, 5.74) is 1.43. The van der Waals surface area contributed by atoms with Crippen molar-refractivity contribution in [1.82, 2.24) is 0 Å². The smallest absolute Gasteiger partial charge is 0.0431 e. The van der Waals surface area contributed by atoms with Crippen LogP contribution in [0.25, 0.3) is 10.8 Å². The lowest BCUT2D eigenvalue weighted by Crippen LogP contribution is -1.89. The number of fused-ring (bicyclic) bond motifs is 1. The number of benzene rings is 2. The number of hydrogen-bond acceptors (Lipinski definition) is 1. The van der Waals surface area contributed by atoms with Crippen LogP contribution in [0.5, 0.6) is 0 Å². The van der Waals surface area contributed by atoms with Crippen LogP contribution in [-0.4, -0.2) is 11.7 Å². The Labute approximate surface area is 117 Å². The summed E-state index contributed by atoms with van der Waals surface area (Å²) in [6.45, 7) is 0.321. The molecule has 0 spiro atoms. The fourth-order valence-electron chi connectivity index (χ4n) is 2.34. The standard InChI is InChI=1S/C16H19BrO/c17-16-11-6-9-14-13(8-5-10-15(14)16)7-3-1-2-4-12-18/h5-6,8-11,18H,1-4,7,12H2. The molecule has 2 aromatic rings. The van der Waals surface area contributed by atoms with E-state index in [1.807, 2.05) is 0 Å². The van der Waals surface area contributed by atoms with Crippen molar-refractivity contribution in [1.29, 1.82) is 0 Å². The molecule has 0 unspecified atom stereocenters. The molecular weight excluding hydrogens is 288 g/mol. The van der Waals surface area contributed by atoms with Gasteiger partial charge in [-0.15, -0.1) is 0 Å². The van der Waals surface area contributed by atoms with Gasteiger partial charge in [0.05, 0.1) is 0 Å². The molecule has 0 bridgehead atoms. The SMILES string of the molecule is OCCCCCCc1cccc2c(Br)cccc12. The molecule has 0 atom stereocenters. The van der Waals surface area contributed by atoms with Crippen LogP contribution in [0.3, 0.4) is 0 Å². The van der Waals surface area contributed by atoms with Gasteiger partial charge in [0.15, 0.2) is 0 Å². The highest BCUT2D eigenvalue weighted by molar-refractivity contribution is 9.10. The van der Waals surface area contributed by atoms with Crippen molar-refractivity contribution in [3.8, 4) is 0 Å². The first-order chi connectivity index (χ1) is 8.83. The van der Waals surface area contributed by atoms with Crippen LogP contribution < -0.4 is 0 Å². The van der Waals surface area contributed by atoms with Gasteiger partial charge in [-0.25, -0.2) is 0 Å². The van der Waals surface area contributed by atoms with Gasteiger partial charge in [-0.05, 0) is 41.7 Å². The maximum atomic E-state index is 8.75. The van der Waals surface area contributed by atoms with Gasteiger partial charge >= 0.3 is 0 Å². The second-order valence-electron chi connectivity index (χ2n) is 4.64. The second kappa shape index (κ2) is 6.91. The number of rotatable bonds is 6. The van der Waals surface area contributed by atoms with Crippen LogP contribution >= 0.6 is 15.9 Å². The molecule has 2 heteroatoms. The molecule has 0 fully saturated rings. The summed E-state index contributed by atoms with van der Waals surface area (Å²) < 4.78 is 1.17. The van der Waals surface area contributed by atoms with Crippen molar-refractivity contribution in [2.24, 2.45) is 0 Å². The summed E-state index contributed by atoms with van der Waals surface area (Å²) in [7, 11) is 0. The lowest BCUT2D eigenvalue weighted by molar-refractivity contribution is 0.282. The Morgan fingerprint density at radius 1 is 0.833 bits per heavy atom. The van der Waals surface area contributed by atoms with Crippen LogP contribution in [0.15, 0.2) is 40.9 Å². The van der Waals surface area contributed by atoms with Crippen molar-refractivity contribution in [3.05, 3.63) is 46.4 Å². The van der Waals surface area contributed by atoms with E-state index in [1.54, 1.807) is 0 Å². The monoisotopic (exact) mass is 306 g/mol. The first-order valence-corrected chi connectivity index (χ1v) is 7.39. The highest BCUT2D eigenvalue weighted by atomic mass is 79.9. The second-order valence-corrected chi connectivity index (χ2v) is 5.49. The maximum absolute atomic E-state index is 8.75. The maximum Gasteiger partial charge on any atom is 0.0431 e. The topological polar surface area (TPSA) is 20.2 Å². The number of halogens is 1. The molecule has 0 aliphatic carbocycles. The van der Waals surface area contributed by atoms with E-state index in [0.717, 1.165) is 19.3 Å².